The third-order valence-electron chi connectivity index (χ3n) is 4.55. The molecule has 1 aromatic carbocycles. The molecule has 0 aromatic heterocycles. The Balaban J connectivity index is 2.07. The SMILES string of the molecule is CCN(CC)C(=O)c1ccc(NC(=O)C2(C#N)CCCC2)cc1. The van der Waals surface area contributed by atoms with Gasteiger partial charge in [0, 0.05) is 24.3 Å². The summed E-state index contributed by atoms with van der Waals surface area (Å²) in [5, 5.41) is 12.1. The molecular weight excluding hydrogens is 290 g/mol. The van der Waals surface area contributed by atoms with Crippen molar-refractivity contribution in [1.29, 1.82) is 5.26 Å². The van der Waals surface area contributed by atoms with Crippen LogP contribution in [-0.4, -0.2) is 29.8 Å². The molecule has 2 amide bonds. The Hall–Kier alpha value is -2.35. The third kappa shape index (κ3) is 3.53. The maximum Gasteiger partial charge on any atom is 0.253 e. The highest BCUT2D eigenvalue weighted by atomic mass is 16.2. The summed E-state index contributed by atoms with van der Waals surface area (Å²) in [6.07, 6.45) is 3.07. The van der Waals surface area contributed by atoms with Gasteiger partial charge in [0.15, 0.2) is 0 Å². The Bertz CT molecular complexity index is 606. The Morgan fingerprint density at radius 2 is 1.74 bits per heavy atom. The molecule has 122 valence electrons. The van der Waals surface area contributed by atoms with Crippen LogP contribution in [0.3, 0.4) is 0 Å². The molecule has 2 rings (SSSR count). The second kappa shape index (κ2) is 7.28. The maximum absolute atomic E-state index is 12.4. The lowest BCUT2D eigenvalue weighted by atomic mass is 9.87. The van der Waals surface area contributed by atoms with Gasteiger partial charge < -0.3 is 10.2 Å². The van der Waals surface area contributed by atoms with Crippen molar-refractivity contribution >= 4 is 17.5 Å². The summed E-state index contributed by atoms with van der Waals surface area (Å²) in [6, 6.07) is 9.04. The zero-order valence-electron chi connectivity index (χ0n) is 13.8. The quantitative estimate of drug-likeness (QED) is 0.907. The molecule has 0 aliphatic heterocycles. The van der Waals surface area contributed by atoms with E-state index in [1.165, 1.54) is 0 Å². The first-order valence-electron chi connectivity index (χ1n) is 8.18. The van der Waals surface area contributed by atoms with Gasteiger partial charge in [0.05, 0.1) is 6.07 Å². The molecule has 0 saturated heterocycles. The minimum absolute atomic E-state index is 0.0165. The van der Waals surface area contributed by atoms with Crippen LogP contribution in [0.1, 0.15) is 49.9 Å². The van der Waals surface area contributed by atoms with Crippen LogP contribution in [0.15, 0.2) is 24.3 Å². The second-order valence-corrected chi connectivity index (χ2v) is 5.91. The number of amides is 2. The zero-order chi connectivity index (χ0) is 16.9. The van der Waals surface area contributed by atoms with E-state index < -0.39 is 5.41 Å². The second-order valence-electron chi connectivity index (χ2n) is 5.91. The first-order chi connectivity index (χ1) is 11.1. The van der Waals surface area contributed by atoms with Crippen molar-refractivity contribution in [3.05, 3.63) is 29.8 Å². The Kier molecular flexibility index (Phi) is 5.38. The Morgan fingerprint density at radius 3 is 2.22 bits per heavy atom. The summed E-state index contributed by atoms with van der Waals surface area (Å²) in [6.45, 7) is 5.22. The smallest absolute Gasteiger partial charge is 0.253 e. The Labute approximate surface area is 137 Å². The fourth-order valence-corrected chi connectivity index (χ4v) is 3.01. The van der Waals surface area contributed by atoms with Crippen LogP contribution in [0.5, 0.6) is 0 Å². The average Bonchev–Trinajstić information content (AvgIpc) is 3.07. The predicted molar refractivity (Wildman–Crippen MR) is 88.8 cm³/mol. The molecule has 1 N–H and O–H groups in total. The maximum atomic E-state index is 12.4. The number of nitrogens with zero attached hydrogens (tertiary/aromatic N) is 2. The monoisotopic (exact) mass is 313 g/mol. The third-order valence-corrected chi connectivity index (χ3v) is 4.55. The molecule has 0 radical (unpaired) electrons. The van der Waals surface area contributed by atoms with E-state index >= 15 is 0 Å². The van der Waals surface area contributed by atoms with Gasteiger partial charge >= 0.3 is 0 Å². The molecule has 1 saturated carbocycles. The first kappa shape index (κ1) is 17.0. The standard InChI is InChI=1S/C18H23N3O2/c1-3-21(4-2)16(22)14-7-9-15(10-8-14)20-17(23)18(13-19)11-5-6-12-18/h7-10H,3-6,11-12H2,1-2H3,(H,20,23). The molecule has 1 fully saturated rings. The topological polar surface area (TPSA) is 73.2 Å². The number of carbonyl (C=O) groups is 2. The number of hydrogen-bond donors (Lipinski definition) is 1. The summed E-state index contributed by atoms with van der Waals surface area (Å²) in [4.78, 5) is 26.4. The van der Waals surface area contributed by atoms with Gasteiger partial charge in [-0.15, -0.1) is 0 Å². The lowest BCUT2D eigenvalue weighted by molar-refractivity contribution is -0.122. The molecule has 0 spiro atoms. The molecule has 1 aliphatic carbocycles. The van der Waals surface area contributed by atoms with E-state index in [9.17, 15) is 14.9 Å². The van der Waals surface area contributed by atoms with Gasteiger partial charge in [-0.3, -0.25) is 9.59 Å². The van der Waals surface area contributed by atoms with E-state index in [1.807, 2.05) is 13.8 Å². The summed E-state index contributed by atoms with van der Waals surface area (Å²) >= 11 is 0. The van der Waals surface area contributed by atoms with Crippen molar-refractivity contribution in [1.82, 2.24) is 4.90 Å². The molecule has 5 nitrogen and oxygen atoms in total. The number of nitrogens with one attached hydrogen (secondary N) is 1. The highest BCUT2D eigenvalue weighted by Gasteiger charge is 2.41. The minimum Gasteiger partial charge on any atom is -0.339 e. The van der Waals surface area contributed by atoms with Gasteiger partial charge in [-0.25, -0.2) is 0 Å². The van der Waals surface area contributed by atoms with Crippen LogP contribution >= 0.6 is 0 Å². The highest BCUT2D eigenvalue weighted by Crippen LogP contribution is 2.38. The van der Waals surface area contributed by atoms with Gasteiger partial charge in [-0.2, -0.15) is 5.26 Å². The molecule has 23 heavy (non-hydrogen) atoms. The van der Waals surface area contributed by atoms with Crippen molar-refractivity contribution in [2.45, 2.75) is 39.5 Å². The van der Waals surface area contributed by atoms with E-state index in [2.05, 4.69) is 11.4 Å². The number of benzene rings is 1. The molecule has 5 heteroatoms. The number of nitriles is 1. The van der Waals surface area contributed by atoms with Crippen LogP contribution in [-0.2, 0) is 4.79 Å². The molecule has 0 unspecified atom stereocenters. The van der Waals surface area contributed by atoms with Gasteiger partial charge in [0.1, 0.15) is 5.41 Å². The van der Waals surface area contributed by atoms with E-state index in [1.54, 1.807) is 29.2 Å². The summed E-state index contributed by atoms with van der Waals surface area (Å²) in [5.74, 6) is -0.252. The van der Waals surface area contributed by atoms with E-state index in [0.29, 0.717) is 37.2 Å². The molecule has 0 heterocycles. The van der Waals surface area contributed by atoms with Crippen molar-refractivity contribution in [2.75, 3.05) is 18.4 Å². The fraction of sp³-hybridized carbons (Fsp3) is 0.500. The molecule has 0 atom stereocenters. The van der Waals surface area contributed by atoms with E-state index in [4.69, 9.17) is 0 Å². The fourth-order valence-electron chi connectivity index (χ4n) is 3.01. The van der Waals surface area contributed by atoms with Gasteiger partial charge in [-0.1, -0.05) is 12.8 Å². The van der Waals surface area contributed by atoms with E-state index in [-0.39, 0.29) is 11.8 Å². The van der Waals surface area contributed by atoms with Crippen LogP contribution in [0.4, 0.5) is 5.69 Å². The first-order valence-corrected chi connectivity index (χ1v) is 8.18. The van der Waals surface area contributed by atoms with Crippen molar-refractivity contribution < 1.29 is 9.59 Å². The van der Waals surface area contributed by atoms with Gasteiger partial charge in [-0.05, 0) is 51.0 Å². The molecule has 0 bridgehead atoms. The minimum atomic E-state index is -0.893. The zero-order valence-corrected chi connectivity index (χ0v) is 13.8. The average molecular weight is 313 g/mol. The van der Waals surface area contributed by atoms with Crippen LogP contribution < -0.4 is 5.32 Å². The molecule has 1 aliphatic rings. The van der Waals surface area contributed by atoms with Crippen molar-refractivity contribution in [3.8, 4) is 6.07 Å². The predicted octanol–water partition coefficient (Wildman–Crippen LogP) is 3.19. The summed E-state index contributed by atoms with van der Waals surface area (Å²) in [5.41, 5.74) is 0.325. The highest BCUT2D eigenvalue weighted by molar-refractivity contribution is 5.98. The largest absolute Gasteiger partial charge is 0.339 e. The van der Waals surface area contributed by atoms with Crippen molar-refractivity contribution in [3.63, 3.8) is 0 Å². The Morgan fingerprint density at radius 1 is 1.17 bits per heavy atom. The number of rotatable bonds is 5. The normalized spacial score (nSPS) is 15.7. The van der Waals surface area contributed by atoms with E-state index in [0.717, 1.165) is 12.8 Å². The lowest BCUT2D eigenvalue weighted by Gasteiger charge is -2.20. The molecule has 1 aromatic rings. The van der Waals surface area contributed by atoms with Crippen molar-refractivity contribution in [2.24, 2.45) is 5.41 Å². The summed E-state index contributed by atoms with van der Waals surface area (Å²) < 4.78 is 0. The van der Waals surface area contributed by atoms with Gasteiger partial charge in [0.2, 0.25) is 5.91 Å². The summed E-state index contributed by atoms with van der Waals surface area (Å²) in [7, 11) is 0. The lowest BCUT2D eigenvalue weighted by Crippen LogP contribution is -2.32. The van der Waals surface area contributed by atoms with Crippen LogP contribution in [0.25, 0.3) is 0 Å². The molecular formula is C18H23N3O2. The van der Waals surface area contributed by atoms with Crippen LogP contribution in [0, 0.1) is 16.7 Å². The number of hydrogen-bond acceptors (Lipinski definition) is 3. The van der Waals surface area contributed by atoms with Crippen LogP contribution in [0.2, 0.25) is 0 Å². The number of anilines is 1. The van der Waals surface area contributed by atoms with Gasteiger partial charge in [0.25, 0.3) is 5.91 Å². The number of carbonyl (C=O) groups excluding carboxylic acids is 2.